The summed E-state index contributed by atoms with van der Waals surface area (Å²) in [5.41, 5.74) is 0.775. The summed E-state index contributed by atoms with van der Waals surface area (Å²) >= 11 is 0. The zero-order valence-electron chi connectivity index (χ0n) is 14.2. The second kappa shape index (κ2) is 7.57. The molecule has 0 N–H and O–H groups in total. The maximum Gasteiger partial charge on any atom is 0.254 e. The lowest BCUT2D eigenvalue weighted by Gasteiger charge is -2.12. The summed E-state index contributed by atoms with van der Waals surface area (Å²) in [5.74, 6) is 3.09. The molecule has 0 spiro atoms. The SMILES string of the molecule is COc1cccc(-c2nnc(COc3cccc(OC)c3OC)o2)c1. The van der Waals surface area contributed by atoms with Crippen molar-refractivity contribution in [3.8, 4) is 34.5 Å². The number of nitrogens with zero attached hydrogens (tertiary/aromatic N) is 2. The molecule has 3 rings (SSSR count). The second-order valence-corrected chi connectivity index (χ2v) is 5.01. The van der Waals surface area contributed by atoms with Crippen LogP contribution in [-0.4, -0.2) is 31.5 Å². The van der Waals surface area contributed by atoms with E-state index in [0.29, 0.717) is 29.0 Å². The number of para-hydroxylation sites is 1. The number of benzene rings is 2. The summed E-state index contributed by atoms with van der Waals surface area (Å²) in [7, 11) is 4.73. The van der Waals surface area contributed by atoms with Crippen molar-refractivity contribution in [1.29, 1.82) is 0 Å². The molecule has 0 unspecified atom stereocenters. The molecule has 0 aliphatic carbocycles. The molecule has 0 saturated carbocycles. The summed E-state index contributed by atoms with van der Waals surface area (Å²) < 4.78 is 27.1. The van der Waals surface area contributed by atoms with Crippen molar-refractivity contribution in [2.75, 3.05) is 21.3 Å². The minimum atomic E-state index is 0.112. The summed E-state index contributed by atoms with van der Waals surface area (Å²) in [4.78, 5) is 0. The Morgan fingerprint density at radius 1 is 0.880 bits per heavy atom. The molecule has 0 fully saturated rings. The quantitative estimate of drug-likeness (QED) is 0.652. The Hall–Kier alpha value is -3.22. The van der Waals surface area contributed by atoms with E-state index in [4.69, 9.17) is 23.4 Å². The third kappa shape index (κ3) is 3.65. The first-order valence-electron chi connectivity index (χ1n) is 7.55. The maximum absolute atomic E-state index is 5.72. The predicted octanol–water partition coefficient (Wildman–Crippen LogP) is 3.34. The van der Waals surface area contributed by atoms with Crippen LogP contribution < -0.4 is 18.9 Å². The Bertz CT molecular complexity index is 847. The van der Waals surface area contributed by atoms with Gasteiger partial charge in [0, 0.05) is 5.56 Å². The van der Waals surface area contributed by atoms with Crippen LogP contribution in [0.15, 0.2) is 46.9 Å². The van der Waals surface area contributed by atoms with E-state index in [0.717, 1.165) is 11.3 Å². The molecule has 1 heterocycles. The minimum Gasteiger partial charge on any atom is -0.497 e. The van der Waals surface area contributed by atoms with Gasteiger partial charge in [-0.3, -0.25) is 0 Å². The molecule has 25 heavy (non-hydrogen) atoms. The van der Waals surface area contributed by atoms with Gasteiger partial charge in [-0.1, -0.05) is 12.1 Å². The van der Waals surface area contributed by atoms with E-state index in [-0.39, 0.29) is 6.61 Å². The largest absolute Gasteiger partial charge is 0.497 e. The van der Waals surface area contributed by atoms with Gasteiger partial charge in [-0.25, -0.2) is 0 Å². The molecule has 1 aromatic heterocycles. The number of aromatic nitrogens is 2. The van der Waals surface area contributed by atoms with Crippen LogP contribution in [0.3, 0.4) is 0 Å². The second-order valence-electron chi connectivity index (χ2n) is 5.01. The number of hydrogen-bond donors (Lipinski definition) is 0. The first-order valence-corrected chi connectivity index (χ1v) is 7.55. The molecule has 0 radical (unpaired) electrons. The lowest BCUT2D eigenvalue weighted by Crippen LogP contribution is -1.99. The van der Waals surface area contributed by atoms with Crippen LogP contribution in [0.2, 0.25) is 0 Å². The average molecular weight is 342 g/mol. The summed E-state index contributed by atoms with van der Waals surface area (Å²) in [6, 6.07) is 12.8. The van der Waals surface area contributed by atoms with Crippen molar-refractivity contribution < 1.29 is 23.4 Å². The van der Waals surface area contributed by atoms with Gasteiger partial charge in [0.15, 0.2) is 18.1 Å². The highest BCUT2D eigenvalue weighted by atomic mass is 16.5. The Kier molecular flexibility index (Phi) is 5.03. The van der Waals surface area contributed by atoms with E-state index < -0.39 is 0 Å². The molecule has 130 valence electrons. The first kappa shape index (κ1) is 16.6. The highest BCUT2D eigenvalue weighted by Gasteiger charge is 2.14. The highest BCUT2D eigenvalue weighted by molar-refractivity contribution is 5.55. The van der Waals surface area contributed by atoms with E-state index in [1.807, 2.05) is 30.3 Å². The normalized spacial score (nSPS) is 10.4. The molecule has 0 aliphatic rings. The van der Waals surface area contributed by atoms with Crippen molar-refractivity contribution in [1.82, 2.24) is 10.2 Å². The molecule has 0 amide bonds. The molecular weight excluding hydrogens is 324 g/mol. The molecule has 0 aliphatic heterocycles. The number of rotatable bonds is 7. The Morgan fingerprint density at radius 2 is 1.68 bits per heavy atom. The van der Waals surface area contributed by atoms with Crippen LogP contribution in [-0.2, 0) is 6.61 Å². The number of methoxy groups -OCH3 is 3. The van der Waals surface area contributed by atoms with Crippen LogP contribution in [0.5, 0.6) is 23.0 Å². The number of hydrogen-bond acceptors (Lipinski definition) is 7. The molecule has 2 aromatic carbocycles. The Balaban J connectivity index is 1.74. The third-order valence-electron chi connectivity index (χ3n) is 3.50. The van der Waals surface area contributed by atoms with Gasteiger partial charge < -0.3 is 23.4 Å². The maximum atomic E-state index is 5.72. The van der Waals surface area contributed by atoms with Gasteiger partial charge in [0.1, 0.15) is 5.75 Å². The van der Waals surface area contributed by atoms with Crippen molar-refractivity contribution in [3.63, 3.8) is 0 Å². The minimum absolute atomic E-state index is 0.112. The van der Waals surface area contributed by atoms with Crippen LogP contribution in [0, 0.1) is 0 Å². The predicted molar refractivity (Wildman–Crippen MR) is 90.2 cm³/mol. The Labute approximate surface area is 145 Å². The Morgan fingerprint density at radius 3 is 2.44 bits per heavy atom. The summed E-state index contributed by atoms with van der Waals surface area (Å²) in [6.07, 6.45) is 0. The smallest absolute Gasteiger partial charge is 0.254 e. The molecule has 0 bridgehead atoms. The lowest BCUT2D eigenvalue weighted by atomic mass is 10.2. The van der Waals surface area contributed by atoms with Gasteiger partial charge in [-0.15, -0.1) is 10.2 Å². The molecule has 7 heteroatoms. The van der Waals surface area contributed by atoms with Crippen molar-refractivity contribution in [2.24, 2.45) is 0 Å². The average Bonchev–Trinajstić information content (AvgIpc) is 3.15. The van der Waals surface area contributed by atoms with Crippen molar-refractivity contribution >= 4 is 0 Å². The van der Waals surface area contributed by atoms with E-state index >= 15 is 0 Å². The van der Waals surface area contributed by atoms with Crippen LogP contribution in [0.25, 0.3) is 11.5 Å². The zero-order valence-corrected chi connectivity index (χ0v) is 14.2. The molecule has 7 nitrogen and oxygen atoms in total. The molecule has 0 saturated heterocycles. The van der Waals surface area contributed by atoms with Crippen LogP contribution >= 0.6 is 0 Å². The highest BCUT2D eigenvalue weighted by Crippen LogP contribution is 2.37. The summed E-state index contributed by atoms with van der Waals surface area (Å²) in [6.45, 7) is 0.112. The fourth-order valence-electron chi connectivity index (χ4n) is 2.30. The van der Waals surface area contributed by atoms with Gasteiger partial charge in [0.05, 0.1) is 21.3 Å². The lowest BCUT2D eigenvalue weighted by molar-refractivity contribution is 0.246. The van der Waals surface area contributed by atoms with E-state index in [1.165, 1.54) is 0 Å². The van der Waals surface area contributed by atoms with Gasteiger partial charge in [-0.05, 0) is 30.3 Å². The fraction of sp³-hybridized carbons (Fsp3) is 0.222. The molecule has 3 aromatic rings. The van der Waals surface area contributed by atoms with Gasteiger partial charge in [0.2, 0.25) is 11.6 Å². The third-order valence-corrected chi connectivity index (χ3v) is 3.50. The summed E-state index contributed by atoms with van der Waals surface area (Å²) in [5, 5.41) is 8.05. The van der Waals surface area contributed by atoms with Crippen molar-refractivity contribution in [3.05, 3.63) is 48.4 Å². The van der Waals surface area contributed by atoms with Crippen molar-refractivity contribution in [2.45, 2.75) is 6.61 Å². The fourth-order valence-corrected chi connectivity index (χ4v) is 2.30. The first-order chi connectivity index (χ1) is 12.2. The van der Waals surface area contributed by atoms with Crippen LogP contribution in [0.1, 0.15) is 5.89 Å². The monoisotopic (exact) mass is 342 g/mol. The molecule has 0 atom stereocenters. The zero-order chi connectivity index (χ0) is 17.6. The molecular formula is C18H18N2O5. The van der Waals surface area contributed by atoms with E-state index in [1.54, 1.807) is 33.5 Å². The van der Waals surface area contributed by atoms with Gasteiger partial charge in [-0.2, -0.15) is 0 Å². The van der Waals surface area contributed by atoms with Gasteiger partial charge in [0.25, 0.3) is 5.89 Å². The number of ether oxygens (including phenoxy) is 4. The van der Waals surface area contributed by atoms with E-state index in [2.05, 4.69) is 10.2 Å². The topological polar surface area (TPSA) is 75.8 Å². The standard InChI is InChI=1S/C18H18N2O5/c1-21-13-7-4-6-12(10-13)18-20-19-16(25-18)11-24-15-9-5-8-14(22-2)17(15)23-3/h4-10H,11H2,1-3H3. The van der Waals surface area contributed by atoms with Gasteiger partial charge >= 0.3 is 0 Å². The van der Waals surface area contributed by atoms with Crippen LogP contribution in [0.4, 0.5) is 0 Å². The van der Waals surface area contributed by atoms with E-state index in [9.17, 15) is 0 Å².